The molecule has 0 saturated carbocycles. The third-order valence-electron chi connectivity index (χ3n) is 3.98. The number of rotatable bonds is 4. The summed E-state index contributed by atoms with van der Waals surface area (Å²) < 4.78 is 7.74. The van der Waals surface area contributed by atoms with Crippen LogP contribution in [-0.2, 0) is 11.3 Å². The lowest BCUT2D eigenvalue weighted by atomic mass is 10.2. The van der Waals surface area contributed by atoms with E-state index >= 15 is 0 Å². The van der Waals surface area contributed by atoms with Crippen molar-refractivity contribution in [2.45, 2.75) is 12.8 Å². The second-order valence-electron chi connectivity index (χ2n) is 5.58. The highest BCUT2D eigenvalue weighted by atomic mass is 16.5. The third kappa shape index (κ3) is 2.96. The second kappa shape index (κ2) is 6.22. The monoisotopic (exact) mass is 306 g/mol. The van der Waals surface area contributed by atoms with Gasteiger partial charge in [0, 0.05) is 12.2 Å². The minimum absolute atomic E-state index is 0.165. The van der Waals surface area contributed by atoms with Crippen LogP contribution in [0.4, 0.5) is 5.69 Å². The predicted molar refractivity (Wildman–Crippen MR) is 88.0 cm³/mol. The fourth-order valence-electron chi connectivity index (χ4n) is 2.87. The van der Waals surface area contributed by atoms with Crippen LogP contribution < -0.4 is 4.90 Å². The molecule has 2 heterocycles. The van der Waals surface area contributed by atoms with E-state index < -0.39 is 0 Å². The molecule has 5 nitrogen and oxygen atoms in total. The van der Waals surface area contributed by atoms with Crippen molar-refractivity contribution in [3.05, 3.63) is 78.1 Å². The first-order valence-corrected chi connectivity index (χ1v) is 7.77. The van der Waals surface area contributed by atoms with Crippen molar-refractivity contribution >= 4 is 5.69 Å². The van der Waals surface area contributed by atoms with E-state index in [-0.39, 0.29) is 6.23 Å². The van der Waals surface area contributed by atoms with Gasteiger partial charge in [-0.25, -0.2) is 4.68 Å². The molecule has 0 aliphatic carbocycles. The average Bonchev–Trinajstić information content (AvgIpc) is 3.25. The van der Waals surface area contributed by atoms with E-state index in [1.165, 1.54) is 5.56 Å². The van der Waals surface area contributed by atoms with Crippen molar-refractivity contribution in [3.63, 3.8) is 0 Å². The van der Waals surface area contributed by atoms with Gasteiger partial charge in [0.25, 0.3) is 0 Å². The van der Waals surface area contributed by atoms with Crippen LogP contribution in [0.5, 0.6) is 0 Å². The highest BCUT2D eigenvalue weighted by molar-refractivity contribution is 5.48. The Morgan fingerprint density at radius 2 is 1.74 bits per heavy atom. The van der Waals surface area contributed by atoms with E-state index in [0.29, 0.717) is 13.2 Å². The summed E-state index contributed by atoms with van der Waals surface area (Å²) in [5.74, 6) is 0. The van der Waals surface area contributed by atoms with Crippen molar-refractivity contribution in [2.75, 3.05) is 18.1 Å². The van der Waals surface area contributed by atoms with E-state index in [1.807, 2.05) is 47.3 Å². The quantitative estimate of drug-likeness (QED) is 0.743. The molecule has 1 aliphatic heterocycles. The zero-order chi connectivity index (χ0) is 15.5. The van der Waals surface area contributed by atoms with Gasteiger partial charge < -0.3 is 9.64 Å². The Labute approximate surface area is 135 Å². The first-order chi connectivity index (χ1) is 11.4. The molecule has 3 aromatic rings. The highest BCUT2D eigenvalue weighted by Crippen LogP contribution is 2.30. The summed E-state index contributed by atoms with van der Waals surface area (Å²) in [6, 6.07) is 20.5. The Balaban J connectivity index is 1.54. The van der Waals surface area contributed by atoms with Gasteiger partial charge in [-0.15, -0.1) is 5.10 Å². The first-order valence-electron chi connectivity index (χ1n) is 7.77. The van der Waals surface area contributed by atoms with E-state index in [9.17, 15) is 0 Å². The van der Waals surface area contributed by atoms with Crippen molar-refractivity contribution in [1.82, 2.24) is 15.0 Å². The number of hydrogen-bond donors (Lipinski definition) is 0. The summed E-state index contributed by atoms with van der Waals surface area (Å²) in [6.45, 7) is 2.28. The predicted octanol–water partition coefficient (Wildman–Crippen LogP) is 2.86. The molecule has 4 rings (SSSR count). The smallest absolute Gasteiger partial charge is 0.177 e. The molecule has 1 unspecified atom stereocenters. The van der Waals surface area contributed by atoms with Gasteiger partial charge in [0.15, 0.2) is 6.23 Å². The lowest BCUT2D eigenvalue weighted by Crippen LogP contribution is -2.23. The average molecular weight is 306 g/mol. The summed E-state index contributed by atoms with van der Waals surface area (Å²) in [6.07, 6.45) is 1.81. The van der Waals surface area contributed by atoms with Crippen molar-refractivity contribution in [2.24, 2.45) is 0 Å². The van der Waals surface area contributed by atoms with E-state index in [2.05, 4.69) is 39.5 Å². The largest absolute Gasteiger partial charge is 0.350 e. The minimum Gasteiger partial charge on any atom is -0.350 e. The molecule has 1 aromatic heterocycles. The number of nitrogens with zero attached hydrogens (tertiary/aromatic N) is 4. The molecular weight excluding hydrogens is 288 g/mol. The molecule has 23 heavy (non-hydrogen) atoms. The van der Waals surface area contributed by atoms with Gasteiger partial charge in [-0.2, -0.15) is 0 Å². The third-order valence-corrected chi connectivity index (χ3v) is 3.98. The molecule has 116 valence electrons. The number of para-hydroxylation sites is 1. The van der Waals surface area contributed by atoms with Crippen LogP contribution in [0.25, 0.3) is 0 Å². The van der Waals surface area contributed by atoms with Gasteiger partial charge in [0.05, 0.1) is 19.3 Å². The second-order valence-corrected chi connectivity index (χ2v) is 5.58. The molecule has 1 atom stereocenters. The van der Waals surface area contributed by atoms with Crippen LogP contribution in [0.1, 0.15) is 17.5 Å². The molecule has 5 heteroatoms. The van der Waals surface area contributed by atoms with Crippen LogP contribution in [0.15, 0.2) is 66.9 Å². The number of hydrogen-bond acceptors (Lipinski definition) is 4. The molecule has 1 saturated heterocycles. The van der Waals surface area contributed by atoms with E-state index in [4.69, 9.17) is 4.74 Å². The van der Waals surface area contributed by atoms with Gasteiger partial charge in [0.2, 0.25) is 0 Å². The molecule has 0 spiro atoms. The van der Waals surface area contributed by atoms with Gasteiger partial charge in [-0.3, -0.25) is 0 Å². The zero-order valence-corrected chi connectivity index (χ0v) is 12.7. The normalized spacial score (nSPS) is 17.6. The van der Waals surface area contributed by atoms with Crippen LogP contribution in [0.2, 0.25) is 0 Å². The zero-order valence-electron chi connectivity index (χ0n) is 12.7. The van der Waals surface area contributed by atoms with Crippen LogP contribution in [0.3, 0.4) is 0 Å². The summed E-state index contributed by atoms with van der Waals surface area (Å²) >= 11 is 0. The molecule has 1 fully saturated rings. The fraction of sp³-hybridized carbons (Fsp3) is 0.222. The number of aromatic nitrogens is 3. The van der Waals surface area contributed by atoms with Gasteiger partial charge in [0.1, 0.15) is 5.69 Å². The van der Waals surface area contributed by atoms with Gasteiger partial charge in [-0.05, 0) is 17.7 Å². The SMILES string of the molecule is c1ccc(Cn2cc(C3OCCN3c3ccccc3)nn2)cc1. The van der Waals surface area contributed by atoms with Crippen molar-refractivity contribution in [3.8, 4) is 0 Å². The molecule has 1 aliphatic rings. The van der Waals surface area contributed by atoms with Crippen LogP contribution in [-0.4, -0.2) is 28.1 Å². The summed E-state index contributed by atoms with van der Waals surface area (Å²) in [5, 5.41) is 8.56. The maximum Gasteiger partial charge on any atom is 0.177 e. The number of anilines is 1. The highest BCUT2D eigenvalue weighted by Gasteiger charge is 2.29. The van der Waals surface area contributed by atoms with Gasteiger partial charge in [-0.1, -0.05) is 53.7 Å². The Bertz CT molecular complexity index is 757. The maximum atomic E-state index is 5.88. The van der Waals surface area contributed by atoms with Crippen LogP contribution in [0, 0.1) is 0 Å². The van der Waals surface area contributed by atoms with E-state index in [0.717, 1.165) is 17.9 Å². The minimum atomic E-state index is -0.165. The standard InChI is InChI=1S/C18H18N4O/c1-3-7-15(8-4-1)13-21-14-17(19-20-21)18-22(11-12-23-18)16-9-5-2-6-10-16/h1-10,14,18H,11-13H2. The summed E-state index contributed by atoms with van der Waals surface area (Å²) in [4.78, 5) is 2.22. The lowest BCUT2D eigenvalue weighted by molar-refractivity contribution is 0.110. The molecule has 0 amide bonds. The van der Waals surface area contributed by atoms with Crippen molar-refractivity contribution < 1.29 is 4.74 Å². The van der Waals surface area contributed by atoms with Crippen LogP contribution >= 0.6 is 0 Å². The Morgan fingerprint density at radius 1 is 1.00 bits per heavy atom. The van der Waals surface area contributed by atoms with E-state index in [1.54, 1.807) is 0 Å². The topological polar surface area (TPSA) is 43.2 Å². The van der Waals surface area contributed by atoms with Crippen molar-refractivity contribution in [1.29, 1.82) is 0 Å². The number of benzene rings is 2. The summed E-state index contributed by atoms with van der Waals surface area (Å²) in [5.41, 5.74) is 3.20. The molecule has 0 bridgehead atoms. The number of ether oxygens (including phenoxy) is 1. The Morgan fingerprint density at radius 3 is 2.52 bits per heavy atom. The first kappa shape index (κ1) is 14.0. The maximum absolute atomic E-state index is 5.88. The van der Waals surface area contributed by atoms with Gasteiger partial charge >= 0.3 is 0 Å². The molecule has 0 N–H and O–H groups in total. The molecule has 0 radical (unpaired) electrons. The molecular formula is C18H18N4O. The summed E-state index contributed by atoms with van der Waals surface area (Å²) in [7, 11) is 0. The Kier molecular flexibility index (Phi) is 3.78. The molecule has 2 aromatic carbocycles. The fourth-order valence-corrected chi connectivity index (χ4v) is 2.87. The lowest BCUT2D eigenvalue weighted by Gasteiger charge is -2.23. The Hall–Kier alpha value is -2.66.